The number of carbonyl (C=O) groups is 2. The smallest absolute Gasteiger partial charge is 0.338 e. The van der Waals surface area contributed by atoms with Gasteiger partial charge in [0, 0.05) is 23.9 Å². The molecule has 0 atom stereocenters. The number of aryl methyl sites for hydroxylation is 2. The normalized spacial score (nSPS) is 14.1. The SMILES string of the molecule is Cc1cc(C)c(C(=O)O)c(SCCC(=O)NC2CC2)n1. The number of amides is 1. The highest BCUT2D eigenvalue weighted by molar-refractivity contribution is 7.99. The second-order valence-electron chi connectivity index (χ2n) is 5.01. The molecule has 1 heterocycles. The molecule has 5 nitrogen and oxygen atoms in total. The standard InChI is InChI=1S/C14H18N2O3S/c1-8-7-9(2)15-13(12(8)14(18)19)20-6-5-11(17)16-10-3-4-10/h7,10H,3-6H2,1-2H3,(H,16,17)(H,18,19). The summed E-state index contributed by atoms with van der Waals surface area (Å²) in [4.78, 5) is 27.1. The first kappa shape index (κ1) is 14.8. The molecular weight excluding hydrogens is 276 g/mol. The van der Waals surface area contributed by atoms with Crippen LogP contribution in [0.4, 0.5) is 0 Å². The summed E-state index contributed by atoms with van der Waals surface area (Å²) < 4.78 is 0. The molecule has 0 unspecified atom stereocenters. The van der Waals surface area contributed by atoms with Gasteiger partial charge in [0.15, 0.2) is 0 Å². The van der Waals surface area contributed by atoms with Crippen molar-refractivity contribution in [2.45, 2.75) is 44.2 Å². The van der Waals surface area contributed by atoms with Gasteiger partial charge in [-0.25, -0.2) is 9.78 Å². The van der Waals surface area contributed by atoms with Gasteiger partial charge < -0.3 is 10.4 Å². The molecule has 1 amide bonds. The number of aromatic carboxylic acids is 1. The lowest BCUT2D eigenvalue weighted by Gasteiger charge is -2.09. The number of hydrogen-bond acceptors (Lipinski definition) is 4. The van der Waals surface area contributed by atoms with E-state index in [-0.39, 0.29) is 11.5 Å². The summed E-state index contributed by atoms with van der Waals surface area (Å²) in [6, 6.07) is 2.12. The van der Waals surface area contributed by atoms with Crippen molar-refractivity contribution < 1.29 is 14.7 Å². The van der Waals surface area contributed by atoms with E-state index in [2.05, 4.69) is 10.3 Å². The number of aromatic nitrogens is 1. The van der Waals surface area contributed by atoms with Gasteiger partial charge in [0.05, 0.1) is 5.56 Å². The van der Waals surface area contributed by atoms with E-state index in [0.717, 1.165) is 18.5 Å². The number of carbonyl (C=O) groups excluding carboxylic acids is 1. The molecule has 2 rings (SSSR count). The maximum absolute atomic E-state index is 11.6. The predicted octanol–water partition coefficient (Wildman–Crippen LogP) is 2.16. The molecule has 2 N–H and O–H groups in total. The maximum atomic E-state index is 11.6. The molecular formula is C14H18N2O3S. The number of pyridine rings is 1. The third-order valence-electron chi connectivity index (χ3n) is 3.04. The molecule has 20 heavy (non-hydrogen) atoms. The third kappa shape index (κ3) is 3.96. The minimum atomic E-state index is -0.972. The van der Waals surface area contributed by atoms with Gasteiger partial charge in [-0.3, -0.25) is 4.79 Å². The van der Waals surface area contributed by atoms with Gasteiger partial charge in [0.2, 0.25) is 5.91 Å². The van der Waals surface area contributed by atoms with Crippen molar-refractivity contribution in [3.8, 4) is 0 Å². The van der Waals surface area contributed by atoms with Gasteiger partial charge in [-0.05, 0) is 38.3 Å². The van der Waals surface area contributed by atoms with Crippen LogP contribution in [-0.2, 0) is 4.79 Å². The molecule has 1 aromatic heterocycles. The zero-order chi connectivity index (χ0) is 14.7. The number of carboxylic acid groups (broad SMARTS) is 1. The van der Waals surface area contributed by atoms with Gasteiger partial charge in [0.25, 0.3) is 0 Å². The Labute approximate surface area is 122 Å². The summed E-state index contributed by atoms with van der Waals surface area (Å²) in [5.41, 5.74) is 1.73. The van der Waals surface area contributed by atoms with Crippen LogP contribution in [0.25, 0.3) is 0 Å². The van der Waals surface area contributed by atoms with E-state index in [4.69, 9.17) is 0 Å². The summed E-state index contributed by atoms with van der Waals surface area (Å²) >= 11 is 1.33. The monoisotopic (exact) mass is 294 g/mol. The largest absolute Gasteiger partial charge is 0.478 e. The molecule has 0 bridgehead atoms. The Hall–Kier alpha value is -1.56. The van der Waals surface area contributed by atoms with Crippen LogP contribution < -0.4 is 5.32 Å². The number of rotatable bonds is 6. The van der Waals surface area contributed by atoms with E-state index in [0.29, 0.717) is 28.8 Å². The van der Waals surface area contributed by atoms with Crippen LogP contribution >= 0.6 is 11.8 Å². The third-order valence-corrected chi connectivity index (χ3v) is 4.01. The fourth-order valence-electron chi connectivity index (χ4n) is 1.94. The van der Waals surface area contributed by atoms with Crippen LogP contribution in [0.5, 0.6) is 0 Å². The van der Waals surface area contributed by atoms with E-state index in [1.165, 1.54) is 11.8 Å². The minimum Gasteiger partial charge on any atom is -0.478 e. The average Bonchev–Trinajstić information content (AvgIpc) is 3.11. The highest BCUT2D eigenvalue weighted by Crippen LogP contribution is 2.25. The Kier molecular flexibility index (Phi) is 4.65. The first-order chi connectivity index (χ1) is 9.47. The Morgan fingerprint density at radius 1 is 1.45 bits per heavy atom. The highest BCUT2D eigenvalue weighted by atomic mass is 32.2. The maximum Gasteiger partial charge on any atom is 0.338 e. The van der Waals surface area contributed by atoms with Crippen molar-refractivity contribution in [3.63, 3.8) is 0 Å². The zero-order valence-electron chi connectivity index (χ0n) is 11.6. The van der Waals surface area contributed by atoms with Crippen molar-refractivity contribution in [1.29, 1.82) is 0 Å². The Balaban J connectivity index is 1.97. The quantitative estimate of drug-likeness (QED) is 0.786. The van der Waals surface area contributed by atoms with Gasteiger partial charge in [-0.15, -0.1) is 11.8 Å². The predicted molar refractivity (Wildman–Crippen MR) is 77.2 cm³/mol. The molecule has 1 aromatic rings. The molecule has 0 spiro atoms. The zero-order valence-corrected chi connectivity index (χ0v) is 12.4. The highest BCUT2D eigenvalue weighted by Gasteiger charge is 2.23. The Bertz CT molecular complexity index is 541. The van der Waals surface area contributed by atoms with Crippen LogP contribution in [0, 0.1) is 13.8 Å². The van der Waals surface area contributed by atoms with E-state index in [1.54, 1.807) is 13.0 Å². The lowest BCUT2D eigenvalue weighted by atomic mass is 10.1. The molecule has 0 aliphatic heterocycles. The Morgan fingerprint density at radius 2 is 2.15 bits per heavy atom. The van der Waals surface area contributed by atoms with Gasteiger partial charge in [0.1, 0.15) is 5.03 Å². The second-order valence-corrected chi connectivity index (χ2v) is 6.09. The van der Waals surface area contributed by atoms with E-state index in [1.807, 2.05) is 6.92 Å². The average molecular weight is 294 g/mol. The summed E-state index contributed by atoms with van der Waals surface area (Å²) in [6.07, 6.45) is 2.52. The van der Waals surface area contributed by atoms with E-state index >= 15 is 0 Å². The fraction of sp³-hybridized carbons (Fsp3) is 0.500. The van der Waals surface area contributed by atoms with E-state index in [9.17, 15) is 14.7 Å². The van der Waals surface area contributed by atoms with Crippen LogP contribution in [-0.4, -0.2) is 33.8 Å². The molecule has 1 aliphatic rings. The lowest BCUT2D eigenvalue weighted by molar-refractivity contribution is -0.120. The first-order valence-corrected chi connectivity index (χ1v) is 7.59. The molecule has 1 saturated carbocycles. The van der Waals surface area contributed by atoms with Crippen LogP contribution in [0.15, 0.2) is 11.1 Å². The fourth-order valence-corrected chi connectivity index (χ4v) is 3.02. The summed E-state index contributed by atoms with van der Waals surface area (Å²) in [5.74, 6) is -0.407. The second kappa shape index (κ2) is 6.26. The summed E-state index contributed by atoms with van der Waals surface area (Å²) in [7, 11) is 0. The number of carboxylic acids is 1. The minimum absolute atomic E-state index is 0.0289. The van der Waals surface area contributed by atoms with Crippen LogP contribution in [0.3, 0.4) is 0 Å². The topological polar surface area (TPSA) is 79.3 Å². The number of thioether (sulfide) groups is 1. The summed E-state index contributed by atoms with van der Waals surface area (Å²) in [6.45, 7) is 3.60. The van der Waals surface area contributed by atoms with Crippen LogP contribution in [0.1, 0.15) is 40.9 Å². The first-order valence-electron chi connectivity index (χ1n) is 6.61. The van der Waals surface area contributed by atoms with Gasteiger partial charge >= 0.3 is 5.97 Å². The molecule has 0 aromatic carbocycles. The molecule has 1 fully saturated rings. The molecule has 0 radical (unpaired) electrons. The summed E-state index contributed by atoms with van der Waals surface area (Å²) in [5, 5.41) is 12.6. The van der Waals surface area contributed by atoms with Crippen molar-refractivity contribution in [2.75, 3.05) is 5.75 Å². The Morgan fingerprint density at radius 3 is 2.75 bits per heavy atom. The van der Waals surface area contributed by atoms with Crippen molar-refractivity contribution in [1.82, 2.24) is 10.3 Å². The molecule has 6 heteroatoms. The number of hydrogen-bond donors (Lipinski definition) is 2. The number of nitrogens with one attached hydrogen (secondary N) is 1. The van der Waals surface area contributed by atoms with Gasteiger partial charge in [-0.1, -0.05) is 0 Å². The van der Waals surface area contributed by atoms with Crippen LogP contribution in [0.2, 0.25) is 0 Å². The van der Waals surface area contributed by atoms with Crippen molar-refractivity contribution in [3.05, 3.63) is 22.9 Å². The van der Waals surface area contributed by atoms with Gasteiger partial charge in [-0.2, -0.15) is 0 Å². The van der Waals surface area contributed by atoms with Crippen molar-refractivity contribution in [2.24, 2.45) is 0 Å². The number of nitrogens with zero attached hydrogens (tertiary/aromatic N) is 1. The van der Waals surface area contributed by atoms with Crippen molar-refractivity contribution >= 4 is 23.6 Å². The molecule has 0 saturated heterocycles. The molecule has 1 aliphatic carbocycles. The molecule has 108 valence electrons. The van der Waals surface area contributed by atoms with E-state index < -0.39 is 5.97 Å². The lowest BCUT2D eigenvalue weighted by Crippen LogP contribution is -2.25.